The number of hydrogen-bond acceptors (Lipinski definition) is 8. The van der Waals surface area contributed by atoms with E-state index < -0.39 is 66.0 Å². The number of hydrogen-bond donors (Lipinski definition) is 4. The van der Waals surface area contributed by atoms with Crippen molar-refractivity contribution in [3.63, 3.8) is 0 Å². The van der Waals surface area contributed by atoms with Gasteiger partial charge in [-0.3, -0.25) is 19.3 Å². The molecule has 0 aliphatic carbocycles. The number of rotatable bonds is 15. The first-order valence-electron chi connectivity index (χ1n) is 14.9. The molecule has 0 heterocycles. The van der Waals surface area contributed by atoms with Crippen molar-refractivity contribution >= 4 is 23.8 Å². The van der Waals surface area contributed by atoms with Crippen LogP contribution in [0, 0.1) is 0 Å². The predicted octanol–water partition coefficient (Wildman–Crippen LogP) is 2.90. The van der Waals surface area contributed by atoms with E-state index in [4.69, 9.17) is 14.2 Å². The van der Waals surface area contributed by atoms with Gasteiger partial charge in [0.25, 0.3) is 0 Å². The van der Waals surface area contributed by atoms with Crippen molar-refractivity contribution in [3.05, 3.63) is 71.8 Å². The zero-order valence-electron chi connectivity index (χ0n) is 27.4. The van der Waals surface area contributed by atoms with Crippen LogP contribution in [-0.4, -0.2) is 91.2 Å². The number of ether oxygens (including phenoxy) is 3. The lowest BCUT2D eigenvalue weighted by Gasteiger charge is -2.30. The minimum Gasteiger partial charge on any atom is -0.444 e. The number of nitrogens with zero attached hydrogens (tertiary/aromatic N) is 1. The average Bonchev–Trinajstić information content (AvgIpc) is 3.01. The van der Waals surface area contributed by atoms with Gasteiger partial charge >= 0.3 is 6.09 Å². The van der Waals surface area contributed by atoms with Gasteiger partial charge in [-0.1, -0.05) is 60.7 Å². The second-order valence-corrected chi connectivity index (χ2v) is 11.8. The Kier molecular flexibility index (Phi) is 14.4. The Morgan fingerprint density at radius 3 is 1.73 bits per heavy atom. The first-order chi connectivity index (χ1) is 21.2. The van der Waals surface area contributed by atoms with E-state index in [1.165, 1.54) is 35.1 Å². The molecule has 1 unspecified atom stereocenters. The summed E-state index contributed by atoms with van der Waals surface area (Å²) in [4.78, 5) is 54.0. The molecule has 0 saturated carbocycles. The second-order valence-electron chi connectivity index (χ2n) is 11.8. The third-order valence-corrected chi connectivity index (χ3v) is 7.11. The third kappa shape index (κ3) is 11.8. The molecule has 4 amide bonds. The van der Waals surface area contributed by atoms with E-state index in [1.807, 2.05) is 60.7 Å². The Balaban J connectivity index is 2.28. The van der Waals surface area contributed by atoms with Crippen LogP contribution < -0.4 is 16.0 Å². The molecule has 0 aromatic heterocycles. The molecular formula is C33H48N4O8. The summed E-state index contributed by atoms with van der Waals surface area (Å²) >= 11 is 0. The Morgan fingerprint density at radius 1 is 0.778 bits per heavy atom. The zero-order valence-corrected chi connectivity index (χ0v) is 27.4. The monoisotopic (exact) mass is 628 g/mol. The summed E-state index contributed by atoms with van der Waals surface area (Å²) in [6.45, 7) is 7.91. The number of methoxy groups -OCH3 is 2. The van der Waals surface area contributed by atoms with Crippen molar-refractivity contribution in [2.45, 2.75) is 89.6 Å². The maximum Gasteiger partial charge on any atom is 0.410 e. The van der Waals surface area contributed by atoms with Crippen LogP contribution in [0.4, 0.5) is 4.79 Å². The van der Waals surface area contributed by atoms with Gasteiger partial charge in [0, 0.05) is 27.7 Å². The summed E-state index contributed by atoms with van der Waals surface area (Å²) in [5.41, 5.74) is 0.904. The molecular weight excluding hydrogens is 580 g/mol. The molecule has 4 atom stereocenters. The van der Waals surface area contributed by atoms with Crippen LogP contribution in [0.25, 0.3) is 0 Å². The molecule has 0 saturated heterocycles. The van der Waals surface area contributed by atoms with E-state index in [0.717, 1.165) is 16.0 Å². The van der Waals surface area contributed by atoms with Crippen molar-refractivity contribution in [2.24, 2.45) is 0 Å². The number of carbonyl (C=O) groups is 4. The highest BCUT2D eigenvalue weighted by Gasteiger charge is 2.34. The summed E-state index contributed by atoms with van der Waals surface area (Å²) in [5.74, 6) is -1.97. The summed E-state index contributed by atoms with van der Waals surface area (Å²) in [5, 5.41) is 18.7. The third-order valence-electron chi connectivity index (χ3n) is 7.11. The number of carbonyl (C=O) groups excluding carboxylic acids is 4. The molecule has 0 fully saturated rings. The topological polar surface area (TPSA) is 156 Å². The first-order valence-corrected chi connectivity index (χ1v) is 14.9. The van der Waals surface area contributed by atoms with E-state index in [9.17, 15) is 24.3 Å². The Morgan fingerprint density at radius 2 is 1.29 bits per heavy atom. The quantitative estimate of drug-likeness (QED) is 0.220. The van der Waals surface area contributed by atoms with E-state index in [-0.39, 0.29) is 12.8 Å². The Hall–Kier alpha value is -4.00. The summed E-state index contributed by atoms with van der Waals surface area (Å²) in [6, 6.07) is 14.8. The summed E-state index contributed by atoms with van der Waals surface area (Å²) in [7, 11) is 4.34. The van der Waals surface area contributed by atoms with Crippen molar-refractivity contribution < 1.29 is 38.5 Å². The van der Waals surface area contributed by atoms with Gasteiger partial charge in [0.1, 0.15) is 23.7 Å². The maximum absolute atomic E-state index is 13.8. The number of aliphatic hydroxyl groups excluding tert-OH is 1. The van der Waals surface area contributed by atoms with Crippen LogP contribution in [0.1, 0.15) is 64.6 Å². The maximum atomic E-state index is 13.8. The lowest BCUT2D eigenvalue weighted by molar-refractivity contribution is -0.136. The van der Waals surface area contributed by atoms with E-state index in [2.05, 4.69) is 16.0 Å². The molecule has 2 aromatic rings. The summed E-state index contributed by atoms with van der Waals surface area (Å²) in [6.07, 6.45) is -2.30. The number of likely N-dealkylation sites (N-methyl/N-ethyl adjacent to an activating group) is 1. The van der Waals surface area contributed by atoms with Crippen molar-refractivity contribution in [1.29, 1.82) is 0 Å². The first kappa shape index (κ1) is 37.2. The molecule has 4 N–H and O–H groups in total. The molecule has 45 heavy (non-hydrogen) atoms. The van der Waals surface area contributed by atoms with Gasteiger partial charge in [-0.15, -0.1) is 0 Å². The van der Waals surface area contributed by atoms with Crippen LogP contribution >= 0.6 is 0 Å². The highest BCUT2D eigenvalue weighted by molar-refractivity contribution is 5.94. The molecule has 0 aliphatic rings. The van der Waals surface area contributed by atoms with Gasteiger partial charge < -0.3 is 35.3 Å². The molecule has 0 bridgehead atoms. The molecule has 0 radical (unpaired) electrons. The molecule has 12 nitrogen and oxygen atoms in total. The van der Waals surface area contributed by atoms with Gasteiger partial charge in [0.2, 0.25) is 17.7 Å². The molecule has 0 spiro atoms. The number of benzene rings is 2. The predicted molar refractivity (Wildman–Crippen MR) is 169 cm³/mol. The van der Waals surface area contributed by atoms with Gasteiger partial charge in [0.05, 0.1) is 12.1 Å². The SMILES string of the molecule is COC(CCC(NC(=O)[C@@H](NC(=O)[C@H](C)N(C)C(=O)OC(C)(C)C)[C@H](C)O)C(=O)NC(c1ccccc1)c1ccccc1)OC. The molecule has 2 aromatic carbocycles. The van der Waals surface area contributed by atoms with Crippen LogP contribution in [0.15, 0.2) is 60.7 Å². The molecule has 0 aliphatic heterocycles. The molecule has 12 heteroatoms. The lowest BCUT2D eigenvalue weighted by Crippen LogP contribution is -2.59. The van der Waals surface area contributed by atoms with Gasteiger partial charge in [-0.05, 0) is 52.2 Å². The normalized spacial score (nSPS) is 14.2. The zero-order chi connectivity index (χ0) is 33.7. The van der Waals surface area contributed by atoms with Crippen LogP contribution in [0.3, 0.4) is 0 Å². The molecule has 2 rings (SSSR count). The van der Waals surface area contributed by atoms with Gasteiger partial charge in [0.15, 0.2) is 6.29 Å². The largest absolute Gasteiger partial charge is 0.444 e. The minimum absolute atomic E-state index is 0.123. The smallest absolute Gasteiger partial charge is 0.410 e. The van der Waals surface area contributed by atoms with Gasteiger partial charge in [-0.2, -0.15) is 0 Å². The van der Waals surface area contributed by atoms with Crippen LogP contribution in [0.2, 0.25) is 0 Å². The molecule has 248 valence electrons. The second kappa shape index (κ2) is 17.5. The number of nitrogens with one attached hydrogen (secondary N) is 3. The van der Waals surface area contributed by atoms with Gasteiger partial charge in [-0.25, -0.2) is 4.79 Å². The number of aliphatic hydroxyl groups is 1. The fourth-order valence-corrected chi connectivity index (χ4v) is 4.40. The lowest BCUT2D eigenvalue weighted by atomic mass is 9.98. The fourth-order valence-electron chi connectivity index (χ4n) is 4.40. The van der Waals surface area contributed by atoms with E-state index >= 15 is 0 Å². The van der Waals surface area contributed by atoms with Crippen LogP contribution in [-0.2, 0) is 28.6 Å². The van der Waals surface area contributed by atoms with Crippen LogP contribution in [0.5, 0.6) is 0 Å². The van der Waals surface area contributed by atoms with E-state index in [1.54, 1.807) is 20.8 Å². The van der Waals surface area contributed by atoms with E-state index in [0.29, 0.717) is 0 Å². The highest BCUT2D eigenvalue weighted by atomic mass is 16.7. The van der Waals surface area contributed by atoms with Crippen molar-refractivity contribution in [2.75, 3.05) is 21.3 Å². The minimum atomic E-state index is -1.43. The van der Waals surface area contributed by atoms with Crippen molar-refractivity contribution in [1.82, 2.24) is 20.9 Å². The number of amides is 4. The average molecular weight is 629 g/mol. The summed E-state index contributed by atoms with van der Waals surface area (Å²) < 4.78 is 15.9. The highest BCUT2D eigenvalue weighted by Crippen LogP contribution is 2.22. The Labute approximate surface area is 265 Å². The Bertz CT molecular complexity index is 1190. The standard InChI is InChI=1S/C33H48N4O8/c1-21(37(6)32(42)45-33(3,4)5)29(39)35-27(22(2)38)31(41)34-25(19-20-26(43-7)44-8)30(40)36-28(23-15-11-9-12-16-23)24-17-13-10-14-18-24/h9-18,21-22,25-28,38H,19-20H2,1-8H3,(H,34,41)(H,35,39)(H,36,40)/t21-,22-,25?,27-/m0/s1. The fraction of sp³-hybridized carbons (Fsp3) is 0.515. The van der Waals surface area contributed by atoms with Crippen molar-refractivity contribution in [3.8, 4) is 0 Å².